The van der Waals surface area contributed by atoms with Crippen molar-refractivity contribution in [2.75, 3.05) is 32.9 Å². The van der Waals surface area contributed by atoms with Crippen LogP contribution in [0.2, 0.25) is 0 Å². The number of aromatic nitrogens is 1. The Kier molecular flexibility index (Phi) is 9.72. The van der Waals surface area contributed by atoms with Crippen LogP contribution in [0.4, 0.5) is 0 Å². The Balaban J connectivity index is 0.00000289. The smallest absolute Gasteiger partial charge is 0.227 e. The summed E-state index contributed by atoms with van der Waals surface area (Å²) >= 11 is 0. The Bertz CT molecular complexity index is 1020. The second-order valence-corrected chi connectivity index (χ2v) is 7.33. The molecular formula is C26H29ClN2O3. The fourth-order valence-corrected chi connectivity index (χ4v) is 3.28. The second kappa shape index (κ2) is 13.0. The van der Waals surface area contributed by atoms with Crippen molar-refractivity contribution in [3.8, 4) is 11.5 Å². The predicted molar refractivity (Wildman–Crippen MR) is 130 cm³/mol. The zero-order valence-corrected chi connectivity index (χ0v) is 18.9. The summed E-state index contributed by atoms with van der Waals surface area (Å²) in [4.78, 5) is 4.53. The molecule has 5 nitrogen and oxygen atoms in total. The van der Waals surface area contributed by atoms with E-state index in [9.17, 15) is 0 Å². The lowest BCUT2D eigenvalue weighted by molar-refractivity contribution is 0.114. The highest BCUT2D eigenvalue weighted by Gasteiger charge is 2.07. The molecule has 32 heavy (non-hydrogen) atoms. The van der Waals surface area contributed by atoms with Gasteiger partial charge in [0, 0.05) is 18.7 Å². The van der Waals surface area contributed by atoms with Crippen LogP contribution >= 0.6 is 12.4 Å². The fraction of sp³-hybridized carbons (Fsp3) is 0.269. The van der Waals surface area contributed by atoms with Gasteiger partial charge in [-0.25, -0.2) is 4.98 Å². The Morgan fingerprint density at radius 2 is 1.44 bits per heavy atom. The molecular weight excluding hydrogens is 424 g/mol. The maximum atomic E-state index is 5.82. The molecule has 1 heterocycles. The first-order valence-corrected chi connectivity index (χ1v) is 10.7. The standard InChI is InChI=1S/C26H28N2O3.ClH/c1-2-6-21(7-3-1)14-17-29-18-15-27-16-19-30-20-22-10-12-23(13-11-22)26-28-24-8-4-5-9-25(24)31-26;/h1-13,27H,14-20H2;1H. The van der Waals surface area contributed by atoms with E-state index in [2.05, 4.69) is 46.7 Å². The number of para-hydroxylation sites is 2. The average molecular weight is 453 g/mol. The van der Waals surface area contributed by atoms with Gasteiger partial charge in [0.05, 0.1) is 26.4 Å². The summed E-state index contributed by atoms with van der Waals surface area (Å²) in [6.45, 7) is 4.35. The molecule has 3 aromatic carbocycles. The number of rotatable bonds is 12. The van der Waals surface area contributed by atoms with Gasteiger partial charge in [0.1, 0.15) is 5.52 Å². The molecule has 0 saturated carbocycles. The largest absolute Gasteiger partial charge is 0.436 e. The van der Waals surface area contributed by atoms with E-state index in [-0.39, 0.29) is 12.4 Å². The molecule has 0 aliphatic heterocycles. The number of nitrogens with one attached hydrogen (secondary N) is 1. The van der Waals surface area contributed by atoms with Crippen LogP contribution in [-0.2, 0) is 22.5 Å². The minimum Gasteiger partial charge on any atom is -0.436 e. The highest BCUT2D eigenvalue weighted by atomic mass is 35.5. The van der Waals surface area contributed by atoms with Crippen molar-refractivity contribution in [3.05, 3.63) is 90.0 Å². The molecule has 4 rings (SSSR count). The molecule has 0 fully saturated rings. The summed E-state index contributed by atoms with van der Waals surface area (Å²) in [5.41, 5.74) is 5.08. The van der Waals surface area contributed by atoms with Crippen molar-refractivity contribution in [1.82, 2.24) is 10.3 Å². The number of fused-ring (bicyclic) bond motifs is 1. The van der Waals surface area contributed by atoms with Crippen molar-refractivity contribution in [2.45, 2.75) is 13.0 Å². The molecule has 168 valence electrons. The summed E-state index contributed by atoms with van der Waals surface area (Å²) in [6.07, 6.45) is 0.954. The monoisotopic (exact) mass is 452 g/mol. The molecule has 0 atom stereocenters. The quantitative estimate of drug-likeness (QED) is 0.296. The molecule has 0 radical (unpaired) electrons. The normalized spacial score (nSPS) is 10.9. The van der Waals surface area contributed by atoms with Gasteiger partial charge in [-0.05, 0) is 41.8 Å². The van der Waals surface area contributed by atoms with Crippen LogP contribution in [0.25, 0.3) is 22.6 Å². The minimum atomic E-state index is 0. The lowest BCUT2D eigenvalue weighted by atomic mass is 10.1. The number of oxazole rings is 1. The molecule has 1 N–H and O–H groups in total. The van der Waals surface area contributed by atoms with Crippen LogP contribution in [0.1, 0.15) is 11.1 Å². The van der Waals surface area contributed by atoms with Gasteiger partial charge in [0.2, 0.25) is 5.89 Å². The van der Waals surface area contributed by atoms with Crippen LogP contribution in [-0.4, -0.2) is 37.9 Å². The van der Waals surface area contributed by atoms with Gasteiger partial charge in [-0.3, -0.25) is 0 Å². The average Bonchev–Trinajstić information content (AvgIpc) is 3.26. The molecule has 1 aromatic heterocycles. The fourth-order valence-electron chi connectivity index (χ4n) is 3.28. The van der Waals surface area contributed by atoms with Gasteiger partial charge in [-0.2, -0.15) is 0 Å². The third kappa shape index (κ3) is 7.18. The molecule has 6 heteroatoms. The first-order chi connectivity index (χ1) is 15.4. The van der Waals surface area contributed by atoms with E-state index in [0.717, 1.165) is 48.3 Å². The van der Waals surface area contributed by atoms with Gasteiger partial charge in [-0.15, -0.1) is 12.4 Å². The van der Waals surface area contributed by atoms with Crippen LogP contribution in [0.3, 0.4) is 0 Å². The van der Waals surface area contributed by atoms with Crippen LogP contribution in [0.5, 0.6) is 0 Å². The summed E-state index contributed by atoms with van der Waals surface area (Å²) in [5.74, 6) is 0.642. The Morgan fingerprint density at radius 1 is 0.719 bits per heavy atom. The van der Waals surface area contributed by atoms with Crippen LogP contribution in [0.15, 0.2) is 83.3 Å². The first kappa shape index (κ1) is 24.0. The Morgan fingerprint density at radius 3 is 2.22 bits per heavy atom. The zero-order valence-electron chi connectivity index (χ0n) is 18.0. The lowest BCUT2D eigenvalue weighted by Gasteiger charge is -2.08. The van der Waals surface area contributed by atoms with Gasteiger partial charge < -0.3 is 19.2 Å². The van der Waals surface area contributed by atoms with Crippen molar-refractivity contribution in [1.29, 1.82) is 0 Å². The molecule has 0 bridgehead atoms. The van der Waals surface area contributed by atoms with Crippen molar-refractivity contribution in [3.63, 3.8) is 0 Å². The summed E-state index contributed by atoms with van der Waals surface area (Å²) < 4.78 is 17.2. The molecule has 0 unspecified atom stereocenters. The molecule has 0 amide bonds. The number of ether oxygens (including phenoxy) is 2. The van der Waals surface area contributed by atoms with E-state index in [4.69, 9.17) is 13.9 Å². The van der Waals surface area contributed by atoms with Crippen molar-refractivity contribution < 1.29 is 13.9 Å². The number of benzene rings is 3. The van der Waals surface area contributed by atoms with Gasteiger partial charge >= 0.3 is 0 Å². The maximum absolute atomic E-state index is 5.82. The van der Waals surface area contributed by atoms with Crippen molar-refractivity contribution in [2.24, 2.45) is 0 Å². The van der Waals surface area contributed by atoms with Crippen LogP contribution < -0.4 is 5.32 Å². The van der Waals surface area contributed by atoms with E-state index in [0.29, 0.717) is 25.7 Å². The SMILES string of the molecule is Cl.c1ccc(CCOCCNCCOCc2ccc(-c3nc4ccccc4o3)cc2)cc1. The minimum absolute atomic E-state index is 0. The van der Waals surface area contributed by atoms with Crippen molar-refractivity contribution >= 4 is 23.5 Å². The van der Waals surface area contributed by atoms with Crippen LogP contribution in [0, 0.1) is 0 Å². The number of hydrogen-bond donors (Lipinski definition) is 1. The zero-order chi connectivity index (χ0) is 21.1. The van der Waals surface area contributed by atoms with Gasteiger partial charge in [-0.1, -0.05) is 54.6 Å². The lowest BCUT2D eigenvalue weighted by Crippen LogP contribution is -2.24. The Labute approximate surface area is 195 Å². The summed E-state index contributed by atoms with van der Waals surface area (Å²) in [6, 6.07) is 26.4. The number of halogens is 1. The van der Waals surface area contributed by atoms with E-state index in [1.165, 1.54) is 5.56 Å². The third-order valence-electron chi connectivity index (χ3n) is 4.99. The van der Waals surface area contributed by atoms with E-state index >= 15 is 0 Å². The first-order valence-electron chi connectivity index (χ1n) is 10.7. The highest BCUT2D eigenvalue weighted by Crippen LogP contribution is 2.24. The number of hydrogen-bond acceptors (Lipinski definition) is 5. The molecule has 0 aliphatic rings. The van der Waals surface area contributed by atoms with E-state index in [1.54, 1.807) is 0 Å². The third-order valence-corrected chi connectivity index (χ3v) is 4.99. The molecule has 4 aromatic rings. The highest BCUT2D eigenvalue weighted by molar-refractivity contribution is 5.85. The second-order valence-electron chi connectivity index (χ2n) is 7.33. The summed E-state index contributed by atoms with van der Waals surface area (Å²) in [7, 11) is 0. The topological polar surface area (TPSA) is 56.5 Å². The number of nitrogens with zero attached hydrogens (tertiary/aromatic N) is 1. The van der Waals surface area contributed by atoms with E-state index < -0.39 is 0 Å². The van der Waals surface area contributed by atoms with E-state index in [1.807, 2.05) is 42.5 Å². The molecule has 0 saturated heterocycles. The maximum Gasteiger partial charge on any atom is 0.227 e. The molecule has 0 aliphatic carbocycles. The predicted octanol–water partition coefficient (Wildman–Crippen LogP) is 5.28. The van der Waals surface area contributed by atoms with Gasteiger partial charge in [0.15, 0.2) is 5.58 Å². The van der Waals surface area contributed by atoms with Gasteiger partial charge in [0.25, 0.3) is 0 Å². The Hall–Kier alpha value is -2.70. The molecule has 0 spiro atoms. The summed E-state index contributed by atoms with van der Waals surface area (Å²) in [5, 5.41) is 3.34.